The molecule has 0 saturated carbocycles. The fraction of sp³-hybridized carbons (Fsp3) is 0. The summed E-state index contributed by atoms with van der Waals surface area (Å²) < 4.78 is 59.0. The molecule has 4 nitrogen and oxygen atoms in total. The van der Waals surface area contributed by atoms with Gasteiger partial charge in [0.25, 0.3) is 10.0 Å². The van der Waals surface area contributed by atoms with Crippen molar-refractivity contribution in [1.82, 2.24) is 4.89 Å². The Morgan fingerprint density at radius 2 is 1.57 bits per heavy atom. The molecule has 1 rings (SSSR count). The number of nitrogens with one attached hydrogen (secondary N) is 1. The van der Waals surface area contributed by atoms with Gasteiger partial charge >= 0.3 is 0 Å². The molecular weight excluding hydrogens is 223 g/mol. The minimum atomic E-state index is -4.40. The summed E-state index contributed by atoms with van der Waals surface area (Å²) in [5, 5.41) is 8.12. The van der Waals surface area contributed by atoms with E-state index in [0.29, 0.717) is 0 Å². The first-order chi connectivity index (χ1) is 6.38. The summed E-state index contributed by atoms with van der Waals surface area (Å²) in [4.78, 5) is -0.0582. The molecule has 0 amide bonds. The number of sulfonamides is 1. The summed E-state index contributed by atoms with van der Waals surface area (Å²) in [7, 11) is -4.40. The summed E-state index contributed by atoms with van der Waals surface area (Å²) >= 11 is 0. The van der Waals surface area contributed by atoms with Gasteiger partial charge in [-0.15, -0.1) is 0 Å². The standard InChI is InChI=1S/C6H4F3NO3S/c7-4-1-3(14(12,13)10-11)2-5(8)6(4)9/h1-2,10-11H. The van der Waals surface area contributed by atoms with Crippen LogP contribution < -0.4 is 4.89 Å². The number of benzene rings is 1. The van der Waals surface area contributed by atoms with Crippen LogP contribution in [0.3, 0.4) is 0 Å². The Balaban J connectivity index is 3.41. The van der Waals surface area contributed by atoms with E-state index < -0.39 is 32.4 Å². The van der Waals surface area contributed by atoms with Crippen molar-refractivity contribution in [2.24, 2.45) is 0 Å². The quantitative estimate of drug-likeness (QED) is 0.579. The maximum atomic E-state index is 12.5. The maximum absolute atomic E-state index is 12.5. The molecule has 0 aliphatic rings. The second-order valence-corrected chi connectivity index (χ2v) is 3.96. The molecule has 0 spiro atoms. The van der Waals surface area contributed by atoms with Crippen LogP contribution in [-0.2, 0) is 10.0 Å². The third kappa shape index (κ3) is 1.86. The fourth-order valence-corrected chi connectivity index (χ4v) is 1.36. The SMILES string of the molecule is O=S(=O)(NO)c1cc(F)c(F)c(F)c1. The molecule has 1 aromatic carbocycles. The molecule has 0 saturated heterocycles. The van der Waals surface area contributed by atoms with Gasteiger partial charge in [-0.25, -0.2) is 21.6 Å². The molecule has 0 atom stereocenters. The molecule has 0 heterocycles. The largest absolute Gasteiger partial charge is 0.302 e. The molecule has 0 aromatic heterocycles. The molecule has 1 aromatic rings. The minimum absolute atomic E-state index is 0.247. The van der Waals surface area contributed by atoms with Crippen molar-refractivity contribution in [3.05, 3.63) is 29.6 Å². The van der Waals surface area contributed by atoms with Crippen LogP contribution >= 0.6 is 0 Å². The minimum Gasteiger partial charge on any atom is -0.302 e. The number of rotatable bonds is 2. The molecule has 0 aliphatic carbocycles. The van der Waals surface area contributed by atoms with Crippen molar-refractivity contribution in [3.8, 4) is 0 Å². The highest BCUT2D eigenvalue weighted by molar-refractivity contribution is 7.89. The van der Waals surface area contributed by atoms with Crippen molar-refractivity contribution >= 4 is 10.0 Å². The second-order valence-electron chi connectivity index (χ2n) is 2.30. The van der Waals surface area contributed by atoms with Crippen molar-refractivity contribution in [1.29, 1.82) is 0 Å². The summed E-state index contributed by atoms with van der Waals surface area (Å²) in [5.74, 6) is -5.08. The van der Waals surface area contributed by atoms with Crippen molar-refractivity contribution < 1.29 is 26.8 Å². The lowest BCUT2D eigenvalue weighted by Crippen LogP contribution is -2.20. The summed E-state index contributed by atoms with van der Waals surface area (Å²) in [6.45, 7) is 0. The molecule has 78 valence electrons. The van der Waals surface area contributed by atoms with Gasteiger partial charge in [0, 0.05) is 0 Å². The van der Waals surface area contributed by atoms with E-state index in [9.17, 15) is 21.6 Å². The van der Waals surface area contributed by atoms with E-state index in [1.165, 1.54) is 0 Å². The highest BCUT2D eigenvalue weighted by atomic mass is 32.2. The number of halogens is 3. The van der Waals surface area contributed by atoms with Gasteiger partial charge in [-0.05, 0) is 12.1 Å². The zero-order chi connectivity index (χ0) is 10.9. The van der Waals surface area contributed by atoms with E-state index in [-0.39, 0.29) is 12.1 Å². The Labute approximate surface area is 77.0 Å². The zero-order valence-corrected chi connectivity index (χ0v) is 7.28. The third-order valence-electron chi connectivity index (χ3n) is 1.39. The lowest BCUT2D eigenvalue weighted by molar-refractivity contribution is 0.242. The summed E-state index contributed by atoms with van der Waals surface area (Å²) in [6, 6.07) is 0.494. The van der Waals surface area contributed by atoms with Gasteiger partial charge in [-0.1, -0.05) is 4.89 Å². The van der Waals surface area contributed by atoms with Gasteiger partial charge in [-0.3, -0.25) is 0 Å². The van der Waals surface area contributed by atoms with Gasteiger partial charge in [0.15, 0.2) is 17.5 Å². The second kappa shape index (κ2) is 3.56. The first-order valence-electron chi connectivity index (χ1n) is 3.19. The normalized spacial score (nSPS) is 11.7. The van der Waals surface area contributed by atoms with Gasteiger partial charge in [0.05, 0.1) is 4.90 Å². The van der Waals surface area contributed by atoms with E-state index in [4.69, 9.17) is 5.21 Å². The van der Waals surface area contributed by atoms with Crippen molar-refractivity contribution in [3.63, 3.8) is 0 Å². The highest BCUT2D eigenvalue weighted by Crippen LogP contribution is 2.16. The van der Waals surface area contributed by atoms with E-state index >= 15 is 0 Å². The molecule has 14 heavy (non-hydrogen) atoms. The van der Waals surface area contributed by atoms with Crippen LogP contribution in [0.15, 0.2) is 17.0 Å². The lowest BCUT2D eigenvalue weighted by atomic mass is 10.3. The zero-order valence-electron chi connectivity index (χ0n) is 6.46. The van der Waals surface area contributed by atoms with Crippen LogP contribution in [0.4, 0.5) is 13.2 Å². The molecule has 8 heteroatoms. The van der Waals surface area contributed by atoms with Gasteiger partial charge in [0.1, 0.15) is 0 Å². The molecule has 0 bridgehead atoms. The van der Waals surface area contributed by atoms with Crippen LogP contribution in [0.2, 0.25) is 0 Å². The Morgan fingerprint density at radius 1 is 1.14 bits per heavy atom. The Bertz CT molecular complexity index is 436. The van der Waals surface area contributed by atoms with Crippen molar-refractivity contribution in [2.75, 3.05) is 0 Å². The van der Waals surface area contributed by atoms with Crippen LogP contribution in [0.5, 0.6) is 0 Å². The monoisotopic (exact) mass is 227 g/mol. The smallest absolute Gasteiger partial charge is 0.262 e. The van der Waals surface area contributed by atoms with E-state index in [0.717, 1.165) is 4.89 Å². The molecule has 0 fully saturated rings. The van der Waals surface area contributed by atoms with Crippen molar-refractivity contribution in [2.45, 2.75) is 4.90 Å². The first kappa shape index (κ1) is 11.0. The van der Waals surface area contributed by atoms with E-state index in [2.05, 4.69) is 0 Å². The van der Waals surface area contributed by atoms with Crippen LogP contribution in [-0.4, -0.2) is 13.6 Å². The van der Waals surface area contributed by atoms with Gasteiger partial charge < -0.3 is 5.21 Å². The Hall–Kier alpha value is -1.12. The van der Waals surface area contributed by atoms with Crippen LogP contribution in [0, 0.1) is 17.5 Å². The Morgan fingerprint density at radius 3 is 1.93 bits per heavy atom. The maximum Gasteiger partial charge on any atom is 0.262 e. The number of hydrogen-bond acceptors (Lipinski definition) is 3. The first-order valence-corrected chi connectivity index (χ1v) is 4.67. The highest BCUT2D eigenvalue weighted by Gasteiger charge is 2.18. The number of hydrogen-bond donors (Lipinski definition) is 2. The van der Waals surface area contributed by atoms with E-state index in [1.807, 2.05) is 0 Å². The lowest BCUT2D eigenvalue weighted by Gasteiger charge is -2.02. The molecule has 2 N–H and O–H groups in total. The average Bonchev–Trinajstić information content (AvgIpc) is 2.13. The summed E-state index contributed by atoms with van der Waals surface area (Å²) in [6.07, 6.45) is 0. The van der Waals surface area contributed by atoms with Gasteiger partial charge in [0.2, 0.25) is 0 Å². The topological polar surface area (TPSA) is 66.4 Å². The molecule has 0 unspecified atom stereocenters. The average molecular weight is 227 g/mol. The molecule has 0 aliphatic heterocycles. The predicted molar refractivity (Wildman–Crippen MR) is 38.4 cm³/mol. The fourth-order valence-electron chi connectivity index (χ4n) is 0.740. The van der Waals surface area contributed by atoms with Crippen LogP contribution in [0.1, 0.15) is 0 Å². The van der Waals surface area contributed by atoms with E-state index in [1.54, 1.807) is 0 Å². The summed E-state index contributed by atoms with van der Waals surface area (Å²) in [5.41, 5.74) is 0. The Kier molecular flexibility index (Phi) is 2.79. The predicted octanol–water partition coefficient (Wildman–Crippen LogP) is 0.771. The molecular formula is C6H4F3NO3S. The third-order valence-corrected chi connectivity index (χ3v) is 2.48. The van der Waals surface area contributed by atoms with Gasteiger partial charge in [-0.2, -0.15) is 0 Å². The van der Waals surface area contributed by atoms with Crippen LogP contribution in [0.25, 0.3) is 0 Å². The molecule has 0 radical (unpaired) electrons.